The third-order valence-corrected chi connectivity index (χ3v) is 12.3. The number of halogens is 1. The maximum Gasteiger partial charge on any atom is 0.335 e. The van der Waals surface area contributed by atoms with Crippen LogP contribution in [0.3, 0.4) is 0 Å². The number of carbonyl (C=O) groups is 1. The molecule has 4 saturated carbocycles. The predicted molar refractivity (Wildman–Crippen MR) is 200 cm³/mol. The molecule has 0 aliphatic heterocycles. The molecule has 4 fully saturated rings. The van der Waals surface area contributed by atoms with Crippen LogP contribution in [0, 0.1) is 25.2 Å². The number of hydrogen-bond donors (Lipinski definition) is 3. The minimum atomic E-state index is -4.23. The number of aryl methyl sites for hydroxylation is 2. The van der Waals surface area contributed by atoms with Gasteiger partial charge in [-0.2, -0.15) is 4.98 Å². The summed E-state index contributed by atoms with van der Waals surface area (Å²) in [6.45, 7) is 7.03. The molecule has 0 unspecified atom stereocenters. The highest BCUT2D eigenvalue weighted by atomic mass is 35.5. The average molecular weight is 744 g/mol. The van der Waals surface area contributed by atoms with Crippen LogP contribution in [0.2, 0.25) is 0 Å². The topological polar surface area (TPSA) is 157 Å². The minimum Gasteiger partial charge on any atom is -0.478 e. The zero-order valence-electron chi connectivity index (χ0n) is 29.3. The fraction of sp³-hybridized carbons (Fsp3) is 0.385. The van der Waals surface area contributed by atoms with Crippen LogP contribution in [-0.2, 0) is 22.0 Å². The number of pyridine rings is 1. The Hall–Kier alpha value is -4.52. The van der Waals surface area contributed by atoms with Gasteiger partial charge in [0, 0.05) is 35.7 Å². The van der Waals surface area contributed by atoms with Crippen molar-refractivity contribution in [2.24, 2.45) is 11.3 Å². The zero-order valence-corrected chi connectivity index (χ0v) is 30.9. The number of rotatable bonds is 14. The van der Waals surface area contributed by atoms with E-state index in [1.54, 1.807) is 6.07 Å². The van der Waals surface area contributed by atoms with Gasteiger partial charge in [0.2, 0.25) is 11.8 Å². The Bertz CT molecular complexity index is 2250. The number of carboxylic acid groups (broad SMARTS) is 1. The summed E-state index contributed by atoms with van der Waals surface area (Å²) in [5.41, 5.74) is 6.20. The number of anilines is 1. The Morgan fingerprint density at radius 1 is 1.00 bits per heavy atom. The van der Waals surface area contributed by atoms with Crippen LogP contribution in [0.5, 0.6) is 5.88 Å². The van der Waals surface area contributed by atoms with E-state index in [4.69, 9.17) is 14.1 Å². The smallest absolute Gasteiger partial charge is 0.335 e. The molecule has 0 amide bonds. The summed E-state index contributed by atoms with van der Waals surface area (Å²) in [4.78, 5) is 25.3. The van der Waals surface area contributed by atoms with Crippen molar-refractivity contribution in [2.45, 2.75) is 82.2 Å². The van der Waals surface area contributed by atoms with E-state index in [9.17, 15) is 18.3 Å². The summed E-state index contributed by atoms with van der Waals surface area (Å²) in [6.07, 6.45) is 6.95. The molecule has 3 aromatic heterocycles. The van der Waals surface area contributed by atoms with Crippen molar-refractivity contribution in [3.8, 4) is 17.1 Å². The fourth-order valence-electron chi connectivity index (χ4n) is 7.72. The van der Waals surface area contributed by atoms with E-state index in [0.717, 1.165) is 70.5 Å². The number of hydrogen-bond acceptors (Lipinski definition) is 9. The number of sulfonamides is 1. The van der Waals surface area contributed by atoms with Crippen LogP contribution in [-0.4, -0.2) is 47.1 Å². The monoisotopic (exact) mass is 743 g/mol. The molecule has 0 spiro atoms. The molecule has 5 aromatic rings. The van der Waals surface area contributed by atoms with Crippen LogP contribution < -0.4 is 14.8 Å². The molecular formula is C39H42ClN5O6S. The van der Waals surface area contributed by atoms with Crippen molar-refractivity contribution in [1.29, 1.82) is 0 Å². The van der Waals surface area contributed by atoms with Gasteiger partial charge in [-0.25, -0.2) is 27.9 Å². The number of carboxylic acids is 1. The Morgan fingerprint density at radius 2 is 1.73 bits per heavy atom. The summed E-state index contributed by atoms with van der Waals surface area (Å²) in [5, 5.41) is 13.1. The standard InChI is InChI=1S/C39H41N5O6S.ClH/c1-23-6-4-7-24(2)35(23)31-16-34(43-37(42-31)44-51(47,48)29-9-5-8-26(14-29)36(45)46)49-22-28(20-39-17-25(18-39)19-39)40-21-27-10-11-32-30(41-27)15-33(50-32)38(3)12-13-38;/h4-11,14-16,25,28,40H,12-13,17-22H2,1-3H3,(H,45,46)(H,42,43,44);1H/t25?,28-,39?;/m1./s1. The highest BCUT2D eigenvalue weighted by molar-refractivity contribution is 7.92. The lowest BCUT2D eigenvalue weighted by molar-refractivity contribution is -0.119. The lowest BCUT2D eigenvalue weighted by Crippen LogP contribution is -2.55. The van der Waals surface area contributed by atoms with Crippen LogP contribution in [0.4, 0.5) is 5.95 Å². The number of nitrogens with one attached hydrogen (secondary N) is 2. The number of aromatic carboxylic acids is 1. The summed E-state index contributed by atoms with van der Waals surface area (Å²) >= 11 is 0. The highest BCUT2D eigenvalue weighted by Gasteiger charge is 2.56. The third-order valence-electron chi connectivity index (χ3n) is 10.9. The van der Waals surface area contributed by atoms with Crippen molar-refractivity contribution < 1.29 is 27.5 Å². The maximum absolute atomic E-state index is 13.4. The first-order valence-electron chi connectivity index (χ1n) is 17.5. The van der Waals surface area contributed by atoms with Gasteiger partial charge in [0.15, 0.2) is 5.58 Å². The summed E-state index contributed by atoms with van der Waals surface area (Å²) < 4.78 is 41.9. The second-order valence-corrected chi connectivity index (χ2v) is 16.7. The first kappa shape index (κ1) is 35.9. The van der Waals surface area contributed by atoms with Crippen molar-refractivity contribution in [3.05, 3.63) is 94.9 Å². The molecule has 3 heterocycles. The van der Waals surface area contributed by atoms with E-state index >= 15 is 0 Å². The van der Waals surface area contributed by atoms with Gasteiger partial charge in [-0.05, 0) is 105 Å². The van der Waals surface area contributed by atoms with Gasteiger partial charge < -0.3 is 19.6 Å². The van der Waals surface area contributed by atoms with Gasteiger partial charge >= 0.3 is 5.97 Å². The van der Waals surface area contributed by atoms with Gasteiger partial charge in [0.25, 0.3) is 10.0 Å². The van der Waals surface area contributed by atoms with Crippen LogP contribution in [0.15, 0.2) is 76.0 Å². The van der Waals surface area contributed by atoms with Crippen LogP contribution in [0.1, 0.15) is 78.4 Å². The van der Waals surface area contributed by atoms with Crippen molar-refractivity contribution >= 4 is 45.4 Å². The van der Waals surface area contributed by atoms with Crippen molar-refractivity contribution in [1.82, 2.24) is 20.3 Å². The van der Waals surface area contributed by atoms with Gasteiger partial charge in [-0.15, -0.1) is 12.4 Å². The molecule has 2 bridgehead atoms. The first-order valence-corrected chi connectivity index (χ1v) is 18.9. The molecule has 0 saturated heterocycles. The van der Waals surface area contributed by atoms with Gasteiger partial charge in [-0.1, -0.05) is 31.2 Å². The van der Waals surface area contributed by atoms with E-state index in [1.165, 1.54) is 37.5 Å². The zero-order chi connectivity index (χ0) is 35.5. The van der Waals surface area contributed by atoms with Gasteiger partial charge in [0.05, 0.1) is 21.8 Å². The molecule has 3 N–H and O–H groups in total. The first-order chi connectivity index (χ1) is 24.4. The average Bonchev–Trinajstić information content (AvgIpc) is 3.66. The Labute approximate surface area is 309 Å². The van der Waals surface area contributed by atoms with Crippen molar-refractivity contribution in [2.75, 3.05) is 11.3 Å². The lowest BCUT2D eigenvalue weighted by Gasteiger charge is -2.63. The normalized spacial score (nSPS) is 20.2. The second-order valence-electron chi connectivity index (χ2n) is 15.0. The molecule has 9 rings (SSSR count). The lowest BCUT2D eigenvalue weighted by atomic mass is 9.43. The summed E-state index contributed by atoms with van der Waals surface area (Å²) in [7, 11) is -4.23. The quantitative estimate of drug-likeness (QED) is 0.104. The van der Waals surface area contributed by atoms with E-state index < -0.39 is 16.0 Å². The SMILES string of the molecule is Cc1cccc(C)c1-c1cc(OC[C@@H](CC23CC(C2)C3)NCc2ccc3oc(C4(C)CC4)cc3n2)nc(NS(=O)(=O)c2cccc(C(=O)O)c2)n1.Cl. The largest absolute Gasteiger partial charge is 0.478 e. The number of nitrogens with zero attached hydrogens (tertiary/aromatic N) is 3. The van der Waals surface area contributed by atoms with Gasteiger partial charge in [0.1, 0.15) is 17.9 Å². The molecule has 272 valence electrons. The van der Waals surface area contributed by atoms with E-state index in [0.29, 0.717) is 24.3 Å². The van der Waals surface area contributed by atoms with Crippen LogP contribution in [0.25, 0.3) is 22.4 Å². The predicted octanol–water partition coefficient (Wildman–Crippen LogP) is 7.60. The molecule has 52 heavy (non-hydrogen) atoms. The van der Waals surface area contributed by atoms with E-state index in [-0.39, 0.29) is 46.2 Å². The maximum atomic E-state index is 13.4. The Morgan fingerprint density at radius 3 is 2.40 bits per heavy atom. The molecule has 2 aromatic carbocycles. The van der Waals surface area contributed by atoms with E-state index in [1.807, 2.05) is 44.2 Å². The summed E-state index contributed by atoms with van der Waals surface area (Å²) in [5.74, 6) is 0.668. The molecule has 4 aliphatic carbocycles. The van der Waals surface area contributed by atoms with Gasteiger partial charge in [-0.3, -0.25) is 0 Å². The van der Waals surface area contributed by atoms with E-state index in [2.05, 4.69) is 33.0 Å². The molecule has 13 heteroatoms. The minimum absolute atomic E-state index is 0. The molecule has 1 atom stereocenters. The number of furan rings is 1. The molecule has 11 nitrogen and oxygen atoms in total. The fourth-order valence-corrected chi connectivity index (χ4v) is 8.71. The highest BCUT2D eigenvalue weighted by Crippen LogP contribution is 2.66. The van der Waals surface area contributed by atoms with Crippen molar-refractivity contribution in [3.63, 3.8) is 0 Å². The number of ether oxygens (including phenoxy) is 1. The molecule has 0 radical (unpaired) electrons. The number of benzene rings is 2. The summed E-state index contributed by atoms with van der Waals surface area (Å²) in [6, 6.07) is 18.8. The number of fused-ring (bicyclic) bond motifs is 1. The second kappa shape index (κ2) is 13.5. The molecular weight excluding hydrogens is 702 g/mol. The number of aromatic nitrogens is 3. The Balaban J connectivity index is 0.00000420. The van der Waals surface area contributed by atoms with Crippen LogP contribution >= 0.6 is 12.4 Å². The third kappa shape index (κ3) is 7.11. The Kier molecular flexibility index (Phi) is 9.29. The molecule has 4 aliphatic rings.